The Kier molecular flexibility index (Phi) is 2.87. The molecule has 0 aliphatic carbocycles. The van der Waals surface area contributed by atoms with Crippen molar-refractivity contribution in [2.45, 2.75) is 18.4 Å². The number of hydrogen-bond acceptors (Lipinski definition) is 4. The van der Waals surface area contributed by atoms with Crippen LogP contribution in [0.5, 0.6) is 0 Å². The second kappa shape index (κ2) is 3.80. The number of aromatic nitrogens is 1. The van der Waals surface area contributed by atoms with Crippen LogP contribution in [0.1, 0.15) is 17.8 Å². The van der Waals surface area contributed by atoms with Crippen molar-refractivity contribution in [2.75, 3.05) is 13.2 Å². The monoisotopic (exact) mass is 311 g/mol. The third-order valence-electron chi connectivity index (χ3n) is 2.20. The van der Waals surface area contributed by atoms with Crippen LogP contribution in [0.3, 0.4) is 0 Å². The fourth-order valence-corrected chi connectivity index (χ4v) is 2.95. The summed E-state index contributed by atoms with van der Waals surface area (Å²) in [5.41, 5.74) is -0.730. The van der Waals surface area contributed by atoms with Crippen LogP contribution in [-0.4, -0.2) is 23.3 Å². The Hall–Kier alpha value is 0.280. The zero-order valence-electron chi connectivity index (χ0n) is 6.99. The van der Waals surface area contributed by atoms with Gasteiger partial charge in [-0.25, -0.2) is 4.98 Å². The number of halogens is 1. The van der Waals surface area contributed by atoms with Crippen LogP contribution in [0.4, 0.5) is 0 Å². The highest BCUT2D eigenvalue weighted by atomic mass is 127. The first-order valence-corrected chi connectivity index (χ1v) is 6.02. The molecule has 3 nitrogen and oxygen atoms in total. The molecule has 1 saturated heterocycles. The molecule has 0 bridgehead atoms. The van der Waals surface area contributed by atoms with Gasteiger partial charge in [-0.2, -0.15) is 0 Å². The zero-order valence-corrected chi connectivity index (χ0v) is 9.97. The Morgan fingerprint density at radius 2 is 2.23 bits per heavy atom. The molecular weight excluding hydrogens is 301 g/mol. The maximum Gasteiger partial charge on any atom is 0.125 e. The molecule has 0 amide bonds. The molecule has 13 heavy (non-hydrogen) atoms. The summed E-state index contributed by atoms with van der Waals surface area (Å²) in [5, 5.41) is 11.1. The zero-order chi connectivity index (χ0) is 9.31. The van der Waals surface area contributed by atoms with E-state index in [1.807, 2.05) is 0 Å². The van der Waals surface area contributed by atoms with Gasteiger partial charge in [-0.15, -0.1) is 11.3 Å². The van der Waals surface area contributed by atoms with Gasteiger partial charge in [0, 0.05) is 26.1 Å². The molecular formula is C8H10INO2S. The maximum atomic E-state index is 10.2. The lowest BCUT2D eigenvalue weighted by atomic mass is 9.95. The Balaban J connectivity index is 2.22. The standard InChI is InChI=1S/C8H10INO2S/c9-6-5-10-7(13-6)8(11)1-3-12-4-2-8/h5,11H,1-4H2. The summed E-state index contributed by atoms with van der Waals surface area (Å²) in [4.78, 5) is 4.22. The molecule has 1 aromatic heterocycles. The molecule has 0 saturated carbocycles. The lowest BCUT2D eigenvalue weighted by molar-refractivity contribution is -0.0679. The van der Waals surface area contributed by atoms with Crippen molar-refractivity contribution in [2.24, 2.45) is 0 Å². The van der Waals surface area contributed by atoms with Crippen LogP contribution in [0.15, 0.2) is 6.20 Å². The predicted octanol–water partition coefficient (Wildman–Crippen LogP) is 1.75. The molecule has 1 fully saturated rings. The third-order valence-corrected chi connectivity index (χ3v) is 4.11. The number of nitrogens with zero attached hydrogens (tertiary/aromatic N) is 1. The van der Waals surface area contributed by atoms with E-state index in [2.05, 4.69) is 27.6 Å². The van der Waals surface area contributed by atoms with Crippen molar-refractivity contribution in [3.63, 3.8) is 0 Å². The van der Waals surface area contributed by atoms with Crippen LogP contribution < -0.4 is 0 Å². The van der Waals surface area contributed by atoms with Crippen molar-refractivity contribution >= 4 is 33.9 Å². The van der Waals surface area contributed by atoms with Gasteiger partial charge in [0.25, 0.3) is 0 Å². The van der Waals surface area contributed by atoms with Crippen molar-refractivity contribution in [3.8, 4) is 0 Å². The molecule has 0 spiro atoms. The Bertz CT molecular complexity index is 296. The average Bonchev–Trinajstić information content (AvgIpc) is 2.54. The first-order chi connectivity index (χ1) is 6.21. The smallest absolute Gasteiger partial charge is 0.125 e. The van der Waals surface area contributed by atoms with Crippen molar-refractivity contribution in [1.82, 2.24) is 4.98 Å². The number of rotatable bonds is 1. The molecule has 2 rings (SSSR count). The summed E-state index contributed by atoms with van der Waals surface area (Å²) < 4.78 is 6.33. The van der Waals surface area contributed by atoms with E-state index in [1.165, 1.54) is 0 Å². The van der Waals surface area contributed by atoms with Crippen LogP contribution in [0.2, 0.25) is 0 Å². The van der Waals surface area contributed by atoms with Gasteiger partial charge < -0.3 is 9.84 Å². The van der Waals surface area contributed by atoms with E-state index in [0.717, 1.165) is 7.89 Å². The fourth-order valence-electron chi connectivity index (χ4n) is 1.39. The third kappa shape index (κ3) is 2.03. The molecule has 72 valence electrons. The van der Waals surface area contributed by atoms with E-state index in [1.54, 1.807) is 17.5 Å². The van der Waals surface area contributed by atoms with Gasteiger partial charge in [-0.05, 0) is 22.6 Å². The highest BCUT2D eigenvalue weighted by molar-refractivity contribution is 14.1. The SMILES string of the molecule is OC1(c2ncc(I)s2)CCOCC1. The van der Waals surface area contributed by atoms with E-state index in [9.17, 15) is 5.11 Å². The molecule has 5 heteroatoms. The summed E-state index contributed by atoms with van der Waals surface area (Å²) >= 11 is 3.78. The van der Waals surface area contributed by atoms with E-state index in [0.29, 0.717) is 26.1 Å². The van der Waals surface area contributed by atoms with Gasteiger partial charge >= 0.3 is 0 Å². The number of aliphatic hydroxyl groups is 1. The molecule has 1 N–H and O–H groups in total. The number of ether oxygens (including phenoxy) is 1. The van der Waals surface area contributed by atoms with Crippen molar-refractivity contribution < 1.29 is 9.84 Å². The first-order valence-electron chi connectivity index (χ1n) is 4.13. The molecule has 0 atom stereocenters. The van der Waals surface area contributed by atoms with E-state index in [-0.39, 0.29) is 0 Å². The average molecular weight is 311 g/mol. The van der Waals surface area contributed by atoms with E-state index >= 15 is 0 Å². The van der Waals surface area contributed by atoms with Crippen LogP contribution >= 0.6 is 33.9 Å². The number of thiazole rings is 1. The minimum atomic E-state index is -0.730. The summed E-state index contributed by atoms with van der Waals surface area (Å²) in [6.07, 6.45) is 3.13. The fraction of sp³-hybridized carbons (Fsp3) is 0.625. The second-order valence-corrected chi connectivity index (χ2v) is 6.04. The topological polar surface area (TPSA) is 42.4 Å². The van der Waals surface area contributed by atoms with Crippen LogP contribution in [0.25, 0.3) is 0 Å². The molecule has 1 aromatic rings. The minimum absolute atomic E-state index is 0.632. The van der Waals surface area contributed by atoms with Crippen LogP contribution in [-0.2, 0) is 10.3 Å². The molecule has 0 unspecified atom stereocenters. The highest BCUT2D eigenvalue weighted by Gasteiger charge is 2.34. The van der Waals surface area contributed by atoms with Gasteiger partial charge in [-0.1, -0.05) is 0 Å². The highest BCUT2D eigenvalue weighted by Crippen LogP contribution is 2.34. The first kappa shape index (κ1) is 9.82. The normalized spacial score (nSPS) is 21.7. The minimum Gasteiger partial charge on any atom is -0.382 e. The van der Waals surface area contributed by atoms with Crippen LogP contribution in [0, 0.1) is 2.88 Å². The van der Waals surface area contributed by atoms with Gasteiger partial charge in [0.2, 0.25) is 0 Å². The lowest BCUT2D eigenvalue weighted by Crippen LogP contribution is -2.33. The summed E-state index contributed by atoms with van der Waals surface area (Å²) in [6.45, 7) is 1.26. The largest absolute Gasteiger partial charge is 0.382 e. The number of hydrogen-bond donors (Lipinski definition) is 1. The van der Waals surface area contributed by atoms with E-state index < -0.39 is 5.60 Å². The quantitative estimate of drug-likeness (QED) is 0.804. The summed E-state index contributed by atoms with van der Waals surface area (Å²) in [5.74, 6) is 0. The Labute approximate surface area is 94.3 Å². The second-order valence-electron chi connectivity index (χ2n) is 3.11. The maximum absolute atomic E-state index is 10.2. The van der Waals surface area contributed by atoms with Crippen molar-refractivity contribution in [1.29, 1.82) is 0 Å². The predicted molar refractivity (Wildman–Crippen MR) is 58.8 cm³/mol. The molecule has 1 aliphatic heterocycles. The summed E-state index contributed by atoms with van der Waals surface area (Å²) in [7, 11) is 0. The Morgan fingerprint density at radius 1 is 1.54 bits per heavy atom. The molecule has 0 radical (unpaired) electrons. The van der Waals surface area contributed by atoms with Crippen molar-refractivity contribution in [3.05, 3.63) is 14.1 Å². The Morgan fingerprint density at radius 3 is 2.77 bits per heavy atom. The summed E-state index contributed by atoms with van der Waals surface area (Å²) in [6, 6.07) is 0. The van der Waals surface area contributed by atoms with Gasteiger partial charge in [0.05, 0.1) is 9.08 Å². The van der Waals surface area contributed by atoms with Gasteiger partial charge in [0.1, 0.15) is 10.6 Å². The van der Waals surface area contributed by atoms with E-state index in [4.69, 9.17) is 4.74 Å². The molecule has 0 aromatic carbocycles. The molecule has 2 heterocycles. The molecule has 1 aliphatic rings. The van der Waals surface area contributed by atoms with Gasteiger partial charge in [0.15, 0.2) is 0 Å². The van der Waals surface area contributed by atoms with Gasteiger partial charge in [-0.3, -0.25) is 0 Å². The lowest BCUT2D eigenvalue weighted by Gasteiger charge is -2.29.